The molecule has 0 aliphatic heterocycles. The van der Waals surface area contributed by atoms with E-state index in [0.29, 0.717) is 15.9 Å². The highest BCUT2D eigenvalue weighted by Gasteiger charge is 2.14. The number of hydrogen-bond donors (Lipinski definition) is 3. The number of amides is 1. The molecule has 7 nitrogen and oxygen atoms in total. The molecular weight excluding hydrogens is 288 g/mol. The second-order valence-corrected chi connectivity index (χ2v) is 6.55. The Kier molecular flexibility index (Phi) is 3.80. The fourth-order valence-electron chi connectivity index (χ4n) is 1.47. The highest BCUT2D eigenvalue weighted by atomic mass is 32.2. The minimum atomic E-state index is -3.80. The summed E-state index contributed by atoms with van der Waals surface area (Å²) in [6.45, 7) is 0.198. The summed E-state index contributed by atoms with van der Waals surface area (Å²) in [4.78, 5) is 15.3. The number of carbonyl (C=O) groups is 1. The lowest BCUT2D eigenvalue weighted by molar-refractivity contribution is -0.115. The van der Waals surface area contributed by atoms with Crippen LogP contribution in [0.25, 0.3) is 10.2 Å². The summed E-state index contributed by atoms with van der Waals surface area (Å²) in [7, 11) is -2.13. The summed E-state index contributed by atoms with van der Waals surface area (Å²) >= 11 is 0.968. The van der Waals surface area contributed by atoms with Crippen LogP contribution in [0, 0.1) is 0 Å². The molecule has 19 heavy (non-hydrogen) atoms. The maximum absolute atomic E-state index is 11.4. The smallest absolute Gasteiger partial charge is 0.265 e. The molecule has 0 aliphatic carbocycles. The number of hydrogen-bond acceptors (Lipinski definition) is 6. The third-order valence-electron chi connectivity index (χ3n) is 2.23. The maximum atomic E-state index is 11.4. The molecule has 2 rings (SSSR count). The second-order valence-electron chi connectivity index (χ2n) is 3.79. The number of likely N-dealkylation sites (N-methyl/N-ethyl adjacent to an activating group) is 1. The van der Waals surface area contributed by atoms with Crippen molar-refractivity contribution in [2.45, 2.75) is 4.34 Å². The minimum absolute atomic E-state index is 0.138. The fourth-order valence-corrected chi connectivity index (χ4v) is 3.16. The molecular formula is C10H12N4O3S2. The standard InChI is InChI=1S/C10H12N4O3S2/c1-12-5-9(15)13-6-2-3-7-8(4-6)18-10(14-7)19(11,16)17/h2-4,12H,5H2,1H3,(H,13,15)(H2,11,16,17). The van der Waals surface area contributed by atoms with Crippen LogP contribution in [-0.4, -0.2) is 32.9 Å². The van der Waals surface area contributed by atoms with Gasteiger partial charge in [0.05, 0.1) is 16.8 Å². The van der Waals surface area contributed by atoms with Gasteiger partial charge in [0.1, 0.15) is 0 Å². The van der Waals surface area contributed by atoms with Gasteiger partial charge >= 0.3 is 0 Å². The lowest BCUT2D eigenvalue weighted by Crippen LogP contribution is -2.24. The average molecular weight is 300 g/mol. The van der Waals surface area contributed by atoms with E-state index >= 15 is 0 Å². The quantitative estimate of drug-likeness (QED) is 0.741. The normalized spacial score (nSPS) is 11.7. The number of nitrogens with one attached hydrogen (secondary N) is 2. The van der Waals surface area contributed by atoms with Crippen LogP contribution in [0.5, 0.6) is 0 Å². The zero-order chi connectivity index (χ0) is 14.0. The third kappa shape index (κ3) is 3.26. The van der Waals surface area contributed by atoms with Gasteiger partial charge in [-0.1, -0.05) is 0 Å². The number of carbonyl (C=O) groups excluding carboxylic acids is 1. The van der Waals surface area contributed by atoms with E-state index < -0.39 is 10.0 Å². The Hall–Kier alpha value is -1.55. The number of benzene rings is 1. The maximum Gasteiger partial charge on any atom is 0.265 e. The summed E-state index contributed by atoms with van der Waals surface area (Å²) in [6, 6.07) is 4.95. The summed E-state index contributed by atoms with van der Waals surface area (Å²) < 4.78 is 22.9. The molecule has 2 aromatic rings. The third-order valence-corrected chi connectivity index (χ3v) is 4.57. The Morgan fingerprint density at radius 3 is 2.84 bits per heavy atom. The summed E-state index contributed by atoms with van der Waals surface area (Å²) in [5.74, 6) is -0.182. The predicted molar refractivity (Wildman–Crippen MR) is 73.5 cm³/mol. The summed E-state index contributed by atoms with van der Waals surface area (Å²) in [5, 5.41) is 10.4. The first kappa shape index (κ1) is 13.9. The van der Waals surface area contributed by atoms with Crippen molar-refractivity contribution in [3.05, 3.63) is 18.2 Å². The van der Waals surface area contributed by atoms with E-state index in [4.69, 9.17) is 5.14 Å². The Morgan fingerprint density at radius 1 is 1.47 bits per heavy atom. The van der Waals surface area contributed by atoms with E-state index in [-0.39, 0.29) is 16.8 Å². The van der Waals surface area contributed by atoms with Crippen molar-refractivity contribution in [2.75, 3.05) is 18.9 Å². The molecule has 1 amide bonds. The van der Waals surface area contributed by atoms with Crippen molar-refractivity contribution >= 4 is 43.2 Å². The van der Waals surface area contributed by atoms with Crippen molar-refractivity contribution < 1.29 is 13.2 Å². The molecule has 0 radical (unpaired) electrons. The molecule has 0 bridgehead atoms. The van der Waals surface area contributed by atoms with Crippen LogP contribution >= 0.6 is 11.3 Å². The number of aromatic nitrogens is 1. The van der Waals surface area contributed by atoms with Crippen LogP contribution in [0.3, 0.4) is 0 Å². The van der Waals surface area contributed by atoms with Crippen LogP contribution in [0.1, 0.15) is 0 Å². The minimum Gasteiger partial charge on any atom is -0.325 e. The Labute approximate surface area is 113 Å². The number of thiazole rings is 1. The second kappa shape index (κ2) is 5.21. The van der Waals surface area contributed by atoms with Crippen molar-refractivity contribution in [3.63, 3.8) is 0 Å². The molecule has 1 heterocycles. The Balaban J connectivity index is 2.33. The molecule has 4 N–H and O–H groups in total. The summed E-state index contributed by atoms with van der Waals surface area (Å²) in [5.41, 5.74) is 1.11. The van der Waals surface area contributed by atoms with Gasteiger partial charge in [0.2, 0.25) is 10.2 Å². The largest absolute Gasteiger partial charge is 0.325 e. The van der Waals surface area contributed by atoms with E-state index in [1.54, 1.807) is 25.2 Å². The zero-order valence-electron chi connectivity index (χ0n) is 10.0. The lowest BCUT2D eigenvalue weighted by atomic mass is 10.3. The molecule has 0 atom stereocenters. The first-order chi connectivity index (χ1) is 8.90. The van der Waals surface area contributed by atoms with Gasteiger partial charge in [-0.3, -0.25) is 4.79 Å². The Morgan fingerprint density at radius 2 is 2.21 bits per heavy atom. The Bertz CT molecular complexity index is 723. The average Bonchev–Trinajstić information content (AvgIpc) is 2.71. The van der Waals surface area contributed by atoms with Gasteiger partial charge in [0, 0.05) is 5.69 Å². The van der Waals surface area contributed by atoms with Gasteiger partial charge in [-0.25, -0.2) is 18.5 Å². The van der Waals surface area contributed by atoms with E-state index in [0.717, 1.165) is 11.3 Å². The van der Waals surface area contributed by atoms with Gasteiger partial charge in [0.25, 0.3) is 10.0 Å². The van der Waals surface area contributed by atoms with Crippen molar-refractivity contribution in [3.8, 4) is 0 Å². The first-order valence-electron chi connectivity index (χ1n) is 5.28. The van der Waals surface area contributed by atoms with E-state index in [1.165, 1.54) is 0 Å². The van der Waals surface area contributed by atoms with Gasteiger partial charge in [0.15, 0.2) is 0 Å². The SMILES string of the molecule is CNCC(=O)Nc1ccc2nc(S(N)(=O)=O)sc2c1. The highest BCUT2D eigenvalue weighted by Crippen LogP contribution is 2.27. The number of nitrogens with zero attached hydrogens (tertiary/aromatic N) is 1. The number of sulfonamides is 1. The van der Waals surface area contributed by atoms with Gasteiger partial charge in [-0.2, -0.15) is 0 Å². The van der Waals surface area contributed by atoms with Crippen LogP contribution in [0.15, 0.2) is 22.5 Å². The number of primary sulfonamides is 1. The molecule has 9 heteroatoms. The van der Waals surface area contributed by atoms with E-state index in [1.807, 2.05) is 0 Å². The van der Waals surface area contributed by atoms with E-state index in [9.17, 15) is 13.2 Å². The van der Waals surface area contributed by atoms with Crippen LogP contribution < -0.4 is 15.8 Å². The topological polar surface area (TPSA) is 114 Å². The molecule has 0 saturated heterocycles. The predicted octanol–water partition coefficient (Wildman–Crippen LogP) is 0.102. The van der Waals surface area contributed by atoms with Gasteiger partial charge in [-0.15, -0.1) is 11.3 Å². The molecule has 0 spiro atoms. The summed E-state index contributed by atoms with van der Waals surface area (Å²) in [6.07, 6.45) is 0. The van der Waals surface area contributed by atoms with Crippen LogP contribution in [0.4, 0.5) is 5.69 Å². The molecule has 1 aromatic carbocycles. The fraction of sp³-hybridized carbons (Fsp3) is 0.200. The molecule has 0 unspecified atom stereocenters. The molecule has 0 fully saturated rings. The number of rotatable bonds is 4. The molecule has 1 aromatic heterocycles. The highest BCUT2D eigenvalue weighted by molar-refractivity contribution is 7.91. The monoisotopic (exact) mass is 300 g/mol. The van der Waals surface area contributed by atoms with Gasteiger partial charge in [-0.05, 0) is 25.2 Å². The van der Waals surface area contributed by atoms with Crippen molar-refractivity contribution in [1.29, 1.82) is 0 Å². The lowest BCUT2D eigenvalue weighted by Gasteiger charge is -2.03. The zero-order valence-corrected chi connectivity index (χ0v) is 11.6. The molecule has 0 saturated carbocycles. The first-order valence-corrected chi connectivity index (χ1v) is 7.64. The van der Waals surface area contributed by atoms with Crippen molar-refractivity contribution in [2.24, 2.45) is 5.14 Å². The van der Waals surface area contributed by atoms with Crippen molar-refractivity contribution in [1.82, 2.24) is 10.3 Å². The van der Waals surface area contributed by atoms with Crippen LogP contribution in [0.2, 0.25) is 0 Å². The molecule has 102 valence electrons. The van der Waals surface area contributed by atoms with Gasteiger partial charge < -0.3 is 10.6 Å². The number of fused-ring (bicyclic) bond motifs is 1. The number of nitrogens with two attached hydrogens (primary N) is 1. The molecule has 0 aliphatic rings. The van der Waals surface area contributed by atoms with Crippen LogP contribution in [-0.2, 0) is 14.8 Å². The van der Waals surface area contributed by atoms with E-state index in [2.05, 4.69) is 15.6 Å². The number of anilines is 1.